The molecule has 0 spiro atoms. The molecule has 0 aliphatic rings. The summed E-state index contributed by atoms with van der Waals surface area (Å²) in [5.41, 5.74) is 0.991. The molecule has 0 amide bonds. The minimum Gasteiger partial charge on any atom is -0.207 e. The predicted molar refractivity (Wildman–Crippen MR) is 86.5 cm³/mol. The predicted octanol–water partition coefficient (Wildman–Crippen LogP) is 4.03. The first kappa shape index (κ1) is 15.7. The highest BCUT2D eigenvalue weighted by Crippen LogP contribution is 2.31. The van der Waals surface area contributed by atoms with Crippen LogP contribution in [0.15, 0.2) is 45.1 Å². The Bertz CT molecular complexity index is 680. The van der Waals surface area contributed by atoms with Crippen LogP contribution in [0.25, 0.3) is 0 Å². The van der Waals surface area contributed by atoms with Crippen molar-refractivity contribution in [3.05, 3.63) is 50.6 Å². The van der Waals surface area contributed by atoms with E-state index in [0.717, 1.165) is 14.2 Å². The molecule has 0 N–H and O–H groups in total. The van der Waals surface area contributed by atoms with Gasteiger partial charge in [-0.1, -0.05) is 37.3 Å². The maximum Gasteiger partial charge on any atom is 0.244 e. The number of hydrogen-bond donors (Lipinski definition) is 0. The number of halogens is 1. The zero-order valence-electron chi connectivity index (χ0n) is 11.3. The summed E-state index contributed by atoms with van der Waals surface area (Å²) in [6.45, 7) is 4.53. The van der Waals surface area contributed by atoms with Crippen molar-refractivity contribution in [1.82, 2.24) is 4.31 Å². The van der Waals surface area contributed by atoms with Gasteiger partial charge in [0.1, 0.15) is 0 Å². The molecule has 2 rings (SSSR count). The molecular formula is C14H16BrNO2S2. The largest absolute Gasteiger partial charge is 0.244 e. The van der Waals surface area contributed by atoms with Crippen molar-refractivity contribution in [1.29, 1.82) is 0 Å². The maximum absolute atomic E-state index is 12.7. The van der Waals surface area contributed by atoms with E-state index in [1.54, 1.807) is 6.07 Å². The Morgan fingerprint density at radius 1 is 1.25 bits per heavy atom. The Labute approximate surface area is 132 Å². The van der Waals surface area contributed by atoms with E-state index in [1.807, 2.05) is 44.2 Å². The lowest BCUT2D eigenvalue weighted by molar-refractivity contribution is 0.423. The van der Waals surface area contributed by atoms with Gasteiger partial charge in [0, 0.05) is 18.0 Å². The molecule has 0 saturated carbocycles. The van der Waals surface area contributed by atoms with Crippen molar-refractivity contribution >= 4 is 37.3 Å². The lowest BCUT2D eigenvalue weighted by Crippen LogP contribution is -2.30. The Hall–Kier alpha value is -0.690. The number of benzene rings is 1. The number of rotatable bonds is 5. The van der Waals surface area contributed by atoms with Crippen molar-refractivity contribution in [2.24, 2.45) is 0 Å². The van der Waals surface area contributed by atoms with Gasteiger partial charge in [0.2, 0.25) is 10.0 Å². The van der Waals surface area contributed by atoms with Gasteiger partial charge >= 0.3 is 0 Å². The first-order chi connectivity index (χ1) is 9.45. The van der Waals surface area contributed by atoms with Crippen LogP contribution in [0.1, 0.15) is 17.4 Å². The van der Waals surface area contributed by atoms with E-state index in [0.29, 0.717) is 18.0 Å². The van der Waals surface area contributed by atoms with Gasteiger partial charge in [-0.05, 0) is 34.5 Å². The zero-order valence-corrected chi connectivity index (χ0v) is 14.6. The Kier molecular flexibility index (Phi) is 5.01. The quantitative estimate of drug-likeness (QED) is 0.793. The molecule has 0 bridgehead atoms. The van der Waals surface area contributed by atoms with E-state index in [2.05, 4.69) is 15.9 Å². The van der Waals surface area contributed by atoms with Gasteiger partial charge in [-0.2, -0.15) is 4.31 Å². The molecule has 0 fully saturated rings. The fourth-order valence-electron chi connectivity index (χ4n) is 1.98. The monoisotopic (exact) mass is 373 g/mol. The molecule has 1 aromatic heterocycles. The van der Waals surface area contributed by atoms with Crippen LogP contribution < -0.4 is 0 Å². The number of aryl methyl sites for hydroxylation is 1. The lowest BCUT2D eigenvalue weighted by Gasteiger charge is -2.20. The van der Waals surface area contributed by atoms with Gasteiger partial charge in [-0.25, -0.2) is 8.42 Å². The standard InChI is InChI=1S/C14H16BrNO2S2/c1-3-16(10-12-7-5-4-6-8-12)20(17,18)13-9-14(15)19-11(13)2/h4-9H,3,10H2,1-2H3. The SMILES string of the molecule is CCN(Cc1ccccc1)S(=O)(=O)c1cc(Br)sc1C. The van der Waals surface area contributed by atoms with Crippen molar-refractivity contribution in [2.75, 3.05) is 6.54 Å². The van der Waals surface area contributed by atoms with Crippen LogP contribution in [0.5, 0.6) is 0 Å². The normalized spacial score (nSPS) is 12.0. The summed E-state index contributed by atoms with van der Waals surface area (Å²) in [5, 5.41) is 0. The second kappa shape index (κ2) is 6.39. The fraction of sp³-hybridized carbons (Fsp3) is 0.286. The molecule has 3 nitrogen and oxygen atoms in total. The maximum atomic E-state index is 12.7. The smallest absolute Gasteiger partial charge is 0.207 e. The van der Waals surface area contributed by atoms with Gasteiger partial charge in [-0.3, -0.25) is 0 Å². The number of nitrogens with zero attached hydrogens (tertiary/aromatic N) is 1. The van der Waals surface area contributed by atoms with Gasteiger partial charge in [-0.15, -0.1) is 11.3 Å². The van der Waals surface area contributed by atoms with Gasteiger partial charge in [0.25, 0.3) is 0 Å². The third-order valence-electron chi connectivity index (χ3n) is 3.01. The van der Waals surface area contributed by atoms with Crippen LogP contribution in [0, 0.1) is 6.92 Å². The van der Waals surface area contributed by atoms with Crippen molar-refractivity contribution in [3.63, 3.8) is 0 Å². The first-order valence-electron chi connectivity index (χ1n) is 6.25. The van der Waals surface area contributed by atoms with Crippen LogP contribution >= 0.6 is 27.3 Å². The average Bonchev–Trinajstić information content (AvgIpc) is 2.76. The van der Waals surface area contributed by atoms with E-state index in [-0.39, 0.29) is 0 Å². The van der Waals surface area contributed by atoms with Crippen LogP contribution in [-0.2, 0) is 16.6 Å². The highest BCUT2D eigenvalue weighted by molar-refractivity contribution is 9.11. The summed E-state index contributed by atoms with van der Waals surface area (Å²) >= 11 is 4.79. The Balaban J connectivity index is 2.33. The average molecular weight is 374 g/mol. The molecule has 6 heteroatoms. The number of hydrogen-bond acceptors (Lipinski definition) is 3. The van der Waals surface area contributed by atoms with E-state index >= 15 is 0 Å². The molecule has 20 heavy (non-hydrogen) atoms. The van der Waals surface area contributed by atoms with Crippen molar-refractivity contribution in [2.45, 2.75) is 25.3 Å². The molecule has 2 aromatic rings. The third kappa shape index (κ3) is 3.31. The van der Waals surface area contributed by atoms with Gasteiger partial charge in [0.05, 0.1) is 8.68 Å². The van der Waals surface area contributed by atoms with Crippen LogP contribution in [0.3, 0.4) is 0 Å². The lowest BCUT2D eigenvalue weighted by atomic mass is 10.2. The summed E-state index contributed by atoms with van der Waals surface area (Å²) in [7, 11) is -3.45. The molecule has 0 aliphatic heterocycles. The van der Waals surface area contributed by atoms with Crippen LogP contribution in [0.4, 0.5) is 0 Å². The molecule has 0 aliphatic carbocycles. The van der Waals surface area contributed by atoms with Gasteiger partial charge < -0.3 is 0 Å². The summed E-state index contributed by atoms with van der Waals surface area (Å²) in [6.07, 6.45) is 0. The molecular weight excluding hydrogens is 358 g/mol. The Morgan fingerprint density at radius 2 is 1.90 bits per heavy atom. The number of thiophene rings is 1. The molecule has 1 heterocycles. The zero-order chi connectivity index (χ0) is 14.8. The molecule has 0 saturated heterocycles. The first-order valence-corrected chi connectivity index (χ1v) is 9.30. The Morgan fingerprint density at radius 3 is 2.40 bits per heavy atom. The molecule has 108 valence electrons. The van der Waals surface area contributed by atoms with Gasteiger partial charge in [0.15, 0.2) is 0 Å². The minimum absolute atomic E-state index is 0.395. The van der Waals surface area contributed by atoms with E-state index in [4.69, 9.17) is 0 Å². The number of sulfonamides is 1. The highest BCUT2D eigenvalue weighted by Gasteiger charge is 2.26. The highest BCUT2D eigenvalue weighted by atomic mass is 79.9. The summed E-state index contributed by atoms with van der Waals surface area (Å²) in [5.74, 6) is 0. The summed E-state index contributed by atoms with van der Waals surface area (Å²) in [4.78, 5) is 1.20. The molecule has 0 unspecified atom stereocenters. The van der Waals surface area contributed by atoms with Crippen molar-refractivity contribution in [3.8, 4) is 0 Å². The van der Waals surface area contributed by atoms with Crippen LogP contribution in [0.2, 0.25) is 0 Å². The third-order valence-corrected chi connectivity index (χ3v) is 6.74. The van der Waals surface area contributed by atoms with E-state index in [9.17, 15) is 8.42 Å². The topological polar surface area (TPSA) is 37.4 Å². The van der Waals surface area contributed by atoms with Crippen LogP contribution in [-0.4, -0.2) is 19.3 Å². The van der Waals surface area contributed by atoms with Crippen molar-refractivity contribution < 1.29 is 8.42 Å². The molecule has 0 radical (unpaired) electrons. The second-order valence-corrected chi connectivity index (χ2v) is 8.93. The second-order valence-electron chi connectivity index (χ2n) is 4.39. The molecule has 0 atom stereocenters. The molecule has 1 aromatic carbocycles. The van der Waals surface area contributed by atoms with E-state index < -0.39 is 10.0 Å². The summed E-state index contributed by atoms with van der Waals surface area (Å²) in [6, 6.07) is 11.3. The summed E-state index contributed by atoms with van der Waals surface area (Å²) < 4.78 is 27.8. The van der Waals surface area contributed by atoms with E-state index in [1.165, 1.54) is 15.6 Å². The minimum atomic E-state index is -3.45. The fourth-order valence-corrected chi connectivity index (χ4v) is 5.80.